The highest BCUT2D eigenvalue weighted by Gasteiger charge is 2.20. The number of carbonyl (C=O) groups excluding carboxylic acids is 1. The van der Waals surface area contributed by atoms with Crippen LogP contribution in [0.1, 0.15) is 6.92 Å². The second-order valence-electron chi connectivity index (χ2n) is 6.42. The molecular formula is C19H22N6O3S2. The lowest BCUT2D eigenvalue weighted by Gasteiger charge is -2.11. The van der Waals surface area contributed by atoms with E-state index < -0.39 is 10.0 Å². The molecule has 0 bridgehead atoms. The van der Waals surface area contributed by atoms with E-state index >= 15 is 0 Å². The number of para-hydroxylation sites is 1. The van der Waals surface area contributed by atoms with E-state index in [-0.39, 0.29) is 16.6 Å². The van der Waals surface area contributed by atoms with Crippen molar-refractivity contribution in [3.8, 4) is 11.5 Å². The summed E-state index contributed by atoms with van der Waals surface area (Å²) in [6.45, 7) is 2.51. The first-order chi connectivity index (χ1) is 14.3. The van der Waals surface area contributed by atoms with Gasteiger partial charge in [-0.1, -0.05) is 30.0 Å². The van der Waals surface area contributed by atoms with Crippen molar-refractivity contribution < 1.29 is 13.2 Å². The van der Waals surface area contributed by atoms with Crippen molar-refractivity contribution in [2.75, 3.05) is 25.2 Å². The Balaban J connectivity index is 1.73. The zero-order valence-electron chi connectivity index (χ0n) is 16.8. The van der Waals surface area contributed by atoms with E-state index in [0.29, 0.717) is 23.2 Å². The van der Waals surface area contributed by atoms with Gasteiger partial charge < -0.3 is 9.88 Å². The largest absolute Gasteiger partial charge is 0.325 e. The van der Waals surface area contributed by atoms with Crippen molar-refractivity contribution in [2.24, 2.45) is 0 Å². The third kappa shape index (κ3) is 4.86. The number of hydrogen-bond donors (Lipinski definition) is 1. The van der Waals surface area contributed by atoms with Crippen LogP contribution in [0.2, 0.25) is 0 Å². The van der Waals surface area contributed by atoms with Gasteiger partial charge in [-0.2, -0.15) is 0 Å². The van der Waals surface area contributed by atoms with Gasteiger partial charge in [0.25, 0.3) is 0 Å². The molecule has 3 aromatic rings. The third-order valence-corrected chi connectivity index (χ3v) is 6.93. The molecule has 0 atom stereocenters. The third-order valence-electron chi connectivity index (χ3n) is 4.17. The monoisotopic (exact) mass is 446 g/mol. The number of hydrogen-bond acceptors (Lipinski definition) is 7. The van der Waals surface area contributed by atoms with Gasteiger partial charge in [-0.15, -0.1) is 10.2 Å². The lowest BCUT2D eigenvalue weighted by Crippen LogP contribution is -2.22. The fourth-order valence-electron chi connectivity index (χ4n) is 2.59. The van der Waals surface area contributed by atoms with E-state index in [4.69, 9.17) is 0 Å². The molecule has 30 heavy (non-hydrogen) atoms. The maximum Gasteiger partial charge on any atom is 0.244 e. The van der Waals surface area contributed by atoms with Gasteiger partial charge in [-0.3, -0.25) is 9.78 Å². The first-order valence-electron chi connectivity index (χ1n) is 9.12. The summed E-state index contributed by atoms with van der Waals surface area (Å²) in [5.74, 6) is 0.549. The number of anilines is 1. The van der Waals surface area contributed by atoms with Crippen LogP contribution >= 0.6 is 11.8 Å². The van der Waals surface area contributed by atoms with E-state index in [1.807, 2.05) is 41.8 Å². The molecule has 0 unspecified atom stereocenters. The summed E-state index contributed by atoms with van der Waals surface area (Å²) in [5.41, 5.74) is 1.24. The molecule has 11 heteroatoms. The van der Waals surface area contributed by atoms with Crippen LogP contribution in [-0.2, 0) is 21.4 Å². The number of nitrogens with zero attached hydrogens (tertiary/aromatic N) is 5. The molecular weight excluding hydrogens is 424 g/mol. The van der Waals surface area contributed by atoms with Gasteiger partial charge in [0.15, 0.2) is 11.0 Å². The second-order valence-corrected chi connectivity index (χ2v) is 9.51. The Bertz CT molecular complexity index is 1110. The minimum absolute atomic E-state index is 0.103. The van der Waals surface area contributed by atoms with E-state index in [9.17, 15) is 13.2 Å². The molecule has 0 aliphatic carbocycles. The molecule has 1 aromatic carbocycles. The minimum Gasteiger partial charge on any atom is -0.325 e. The Labute approximate surface area is 179 Å². The smallest absolute Gasteiger partial charge is 0.244 e. The first-order valence-corrected chi connectivity index (χ1v) is 11.6. The van der Waals surface area contributed by atoms with Gasteiger partial charge >= 0.3 is 0 Å². The zero-order valence-corrected chi connectivity index (χ0v) is 18.4. The average molecular weight is 447 g/mol. The highest BCUT2D eigenvalue weighted by atomic mass is 32.2. The Morgan fingerprint density at radius 3 is 2.47 bits per heavy atom. The molecule has 2 heterocycles. The molecule has 0 saturated carbocycles. The molecule has 2 aromatic heterocycles. The van der Waals surface area contributed by atoms with Gasteiger partial charge in [0.1, 0.15) is 10.6 Å². The van der Waals surface area contributed by atoms with Crippen LogP contribution in [0.25, 0.3) is 11.5 Å². The lowest BCUT2D eigenvalue weighted by atomic mass is 10.3. The quantitative estimate of drug-likeness (QED) is 0.529. The Morgan fingerprint density at radius 2 is 1.87 bits per heavy atom. The van der Waals surface area contributed by atoms with Crippen LogP contribution in [-0.4, -0.2) is 58.2 Å². The molecule has 0 radical (unpaired) electrons. The van der Waals surface area contributed by atoms with E-state index in [1.165, 1.54) is 38.1 Å². The van der Waals surface area contributed by atoms with Crippen molar-refractivity contribution in [2.45, 2.75) is 23.5 Å². The van der Waals surface area contributed by atoms with Crippen LogP contribution in [0.15, 0.2) is 58.7 Å². The average Bonchev–Trinajstić information content (AvgIpc) is 3.16. The number of carbonyl (C=O) groups is 1. The van der Waals surface area contributed by atoms with E-state index in [0.717, 1.165) is 9.99 Å². The Hall–Kier alpha value is -2.76. The van der Waals surface area contributed by atoms with Crippen molar-refractivity contribution in [1.29, 1.82) is 0 Å². The number of benzene rings is 1. The van der Waals surface area contributed by atoms with Crippen molar-refractivity contribution >= 4 is 33.4 Å². The number of amides is 1. The van der Waals surface area contributed by atoms with Crippen molar-refractivity contribution in [1.82, 2.24) is 24.1 Å². The van der Waals surface area contributed by atoms with E-state index in [1.54, 1.807) is 6.07 Å². The van der Waals surface area contributed by atoms with Crippen LogP contribution in [0.5, 0.6) is 0 Å². The highest BCUT2D eigenvalue weighted by Crippen LogP contribution is 2.24. The van der Waals surface area contributed by atoms with Gasteiger partial charge in [0.2, 0.25) is 15.9 Å². The lowest BCUT2D eigenvalue weighted by molar-refractivity contribution is -0.113. The number of sulfonamides is 1. The molecule has 158 valence electrons. The summed E-state index contributed by atoms with van der Waals surface area (Å²) < 4.78 is 27.4. The minimum atomic E-state index is -3.55. The molecule has 0 aliphatic rings. The summed E-state index contributed by atoms with van der Waals surface area (Å²) >= 11 is 1.27. The number of thioether (sulfide) groups is 1. The maximum absolute atomic E-state index is 12.2. The van der Waals surface area contributed by atoms with Crippen LogP contribution in [0, 0.1) is 0 Å². The highest BCUT2D eigenvalue weighted by molar-refractivity contribution is 7.99. The maximum atomic E-state index is 12.2. The number of aromatic nitrogens is 4. The molecule has 1 amide bonds. The summed E-state index contributed by atoms with van der Waals surface area (Å²) in [4.78, 5) is 16.5. The molecule has 0 fully saturated rings. The van der Waals surface area contributed by atoms with Crippen molar-refractivity contribution in [3.63, 3.8) is 0 Å². The molecule has 1 N–H and O–H groups in total. The van der Waals surface area contributed by atoms with Gasteiger partial charge in [-0.05, 0) is 31.2 Å². The van der Waals surface area contributed by atoms with E-state index in [2.05, 4.69) is 20.5 Å². The van der Waals surface area contributed by atoms with Gasteiger partial charge in [0, 0.05) is 32.5 Å². The topological polar surface area (TPSA) is 110 Å². The first kappa shape index (κ1) is 21.9. The summed E-state index contributed by atoms with van der Waals surface area (Å²) in [7, 11) is -0.618. The number of pyridine rings is 1. The predicted molar refractivity (Wildman–Crippen MR) is 116 cm³/mol. The normalized spacial score (nSPS) is 11.6. The van der Waals surface area contributed by atoms with Crippen molar-refractivity contribution in [3.05, 3.63) is 48.7 Å². The summed E-state index contributed by atoms with van der Waals surface area (Å²) in [6.07, 6.45) is 1.31. The van der Waals surface area contributed by atoms with Crippen LogP contribution < -0.4 is 5.32 Å². The number of nitrogens with one attached hydrogen (secondary N) is 1. The SMILES string of the molecule is CCn1c(SCC(=O)Nc2ccccc2)nnc1-c1ccc(S(=O)(=O)N(C)C)cn1. The fraction of sp³-hybridized carbons (Fsp3) is 0.263. The van der Waals surface area contributed by atoms with Gasteiger partial charge in [0.05, 0.1) is 5.75 Å². The molecule has 0 spiro atoms. The number of rotatable bonds is 8. The molecule has 0 saturated heterocycles. The predicted octanol–water partition coefficient (Wildman–Crippen LogP) is 2.34. The van der Waals surface area contributed by atoms with Crippen LogP contribution in [0.3, 0.4) is 0 Å². The second kappa shape index (κ2) is 9.37. The summed E-state index contributed by atoms with van der Waals surface area (Å²) in [6, 6.07) is 12.3. The molecule has 9 nitrogen and oxygen atoms in total. The van der Waals surface area contributed by atoms with Gasteiger partial charge in [-0.25, -0.2) is 12.7 Å². The fourth-order valence-corrected chi connectivity index (χ4v) is 4.24. The molecule has 0 aliphatic heterocycles. The standard InChI is InChI=1S/C19H22N6O3S2/c1-4-25-18(16-11-10-15(12-20-16)30(27,28)24(2)3)22-23-19(25)29-13-17(26)21-14-8-6-5-7-9-14/h5-12H,4,13H2,1-3H3,(H,21,26). The van der Waals surface area contributed by atoms with Crippen LogP contribution in [0.4, 0.5) is 5.69 Å². The zero-order chi connectivity index (χ0) is 21.7. The Morgan fingerprint density at radius 1 is 1.13 bits per heavy atom. The molecule has 3 rings (SSSR count). The Kier molecular flexibility index (Phi) is 6.85. The summed E-state index contributed by atoms with van der Waals surface area (Å²) in [5, 5.41) is 11.8.